The van der Waals surface area contributed by atoms with Crippen LogP contribution in [-0.2, 0) is 19.6 Å². The number of nitrogens with one attached hydrogen (secondary N) is 1. The van der Waals surface area contributed by atoms with E-state index in [4.69, 9.17) is 16.3 Å². The third kappa shape index (κ3) is 4.92. The lowest BCUT2D eigenvalue weighted by atomic mass is 10.1. The van der Waals surface area contributed by atoms with Crippen molar-refractivity contribution >= 4 is 33.2 Å². The molecular formula is C16H23ClN2O4S. The van der Waals surface area contributed by atoms with Crippen molar-refractivity contribution in [3.8, 4) is 0 Å². The number of sulfonamides is 1. The van der Waals surface area contributed by atoms with Gasteiger partial charge in [0, 0.05) is 25.2 Å². The number of benzene rings is 1. The van der Waals surface area contributed by atoms with E-state index < -0.39 is 10.0 Å². The van der Waals surface area contributed by atoms with E-state index in [0.29, 0.717) is 44.3 Å². The highest BCUT2D eigenvalue weighted by Crippen LogP contribution is 2.28. The Kier molecular flexibility index (Phi) is 6.62. The SMILES string of the molecule is CC(C)CCC(=O)Nc1ccc(Cl)c(S(=O)(=O)N2CCOCC2)c1. The lowest BCUT2D eigenvalue weighted by Crippen LogP contribution is -2.40. The summed E-state index contributed by atoms with van der Waals surface area (Å²) in [4.78, 5) is 12.0. The second kappa shape index (κ2) is 8.29. The molecule has 8 heteroatoms. The number of rotatable bonds is 6. The second-order valence-corrected chi connectivity index (χ2v) is 8.46. The van der Waals surface area contributed by atoms with E-state index in [1.807, 2.05) is 13.8 Å². The van der Waals surface area contributed by atoms with Gasteiger partial charge in [-0.3, -0.25) is 4.79 Å². The number of halogens is 1. The fraction of sp³-hybridized carbons (Fsp3) is 0.562. The van der Waals surface area contributed by atoms with Gasteiger partial charge in [-0.15, -0.1) is 0 Å². The summed E-state index contributed by atoms with van der Waals surface area (Å²) in [7, 11) is -3.71. The Hall–Kier alpha value is -1.15. The van der Waals surface area contributed by atoms with Crippen LogP contribution in [0, 0.1) is 5.92 Å². The normalized spacial score (nSPS) is 16.3. The van der Waals surface area contributed by atoms with Crippen LogP contribution in [0.2, 0.25) is 5.02 Å². The van der Waals surface area contributed by atoms with E-state index in [2.05, 4.69) is 5.32 Å². The van der Waals surface area contributed by atoms with E-state index in [0.717, 1.165) is 6.42 Å². The van der Waals surface area contributed by atoms with Crippen LogP contribution in [0.5, 0.6) is 0 Å². The minimum absolute atomic E-state index is 0.00715. The number of amides is 1. The summed E-state index contributed by atoms with van der Waals surface area (Å²) >= 11 is 6.09. The molecule has 0 spiro atoms. The zero-order valence-electron chi connectivity index (χ0n) is 13.9. The first kappa shape index (κ1) is 19.2. The Bertz CT molecular complexity index is 685. The number of ether oxygens (including phenoxy) is 1. The maximum Gasteiger partial charge on any atom is 0.244 e. The van der Waals surface area contributed by atoms with Gasteiger partial charge in [-0.2, -0.15) is 4.31 Å². The third-order valence-corrected chi connectivity index (χ3v) is 6.13. The molecule has 1 aromatic carbocycles. The molecule has 0 radical (unpaired) electrons. The van der Waals surface area contributed by atoms with E-state index in [9.17, 15) is 13.2 Å². The molecule has 1 aliphatic heterocycles. The van der Waals surface area contributed by atoms with Crippen LogP contribution in [0.4, 0.5) is 5.69 Å². The van der Waals surface area contributed by atoms with Gasteiger partial charge < -0.3 is 10.1 Å². The first-order valence-electron chi connectivity index (χ1n) is 7.98. The topological polar surface area (TPSA) is 75.7 Å². The molecule has 1 saturated heterocycles. The predicted molar refractivity (Wildman–Crippen MR) is 93.7 cm³/mol. The van der Waals surface area contributed by atoms with Gasteiger partial charge in [-0.05, 0) is 30.5 Å². The van der Waals surface area contributed by atoms with Gasteiger partial charge in [-0.25, -0.2) is 8.42 Å². The number of anilines is 1. The first-order valence-corrected chi connectivity index (χ1v) is 9.80. The number of morpholine rings is 1. The molecule has 0 bridgehead atoms. The summed E-state index contributed by atoms with van der Waals surface area (Å²) < 4.78 is 32.0. The summed E-state index contributed by atoms with van der Waals surface area (Å²) in [6.45, 7) is 5.41. The maximum absolute atomic E-state index is 12.7. The van der Waals surface area contributed by atoms with Gasteiger partial charge in [0.15, 0.2) is 0 Å². The van der Waals surface area contributed by atoms with Crippen molar-refractivity contribution < 1.29 is 17.9 Å². The average Bonchev–Trinajstić information content (AvgIpc) is 2.55. The molecule has 1 fully saturated rings. The molecule has 1 aromatic rings. The summed E-state index contributed by atoms with van der Waals surface area (Å²) in [6, 6.07) is 4.52. The fourth-order valence-electron chi connectivity index (χ4n) is 2.35. The minimum atomic E-state index is -3.71. The predicted octanol–water partition coefficient (Wildman–Crippen LogP) is 2.74. The molecule has 24 heavy (non-hydrogen) atoms. The van der Waals surface area contributed by atoms with Crippen molar-refractivity contribution in [3.63, 3.8) is 0 Å². The molecule has 0 atom stereocenters. The Morgan fingerprint density at radius 2 is 2.00 bits per heavy atom. The standard InChI is InChI=1S/C16H23ClN2O4S/c1-12(2)3-6-16(20)18-13-4-5-14(17)15(11-13)24(21,22)19-7-9-23-10-8-19/h4-5,11-12H,3,6-10H2,1-2H3,(H,18,20). The highest BCUT2D eigenvalue weighted by molar-refractivity contribution is 7.89. The molecule has 1 amide bonds. The number of carbonyl (C=O) groups excluding carboxylic acids is 1. The van der Waals surface area contributed by atoms with Gasteiger partial charge in [-0.1, -0.05) is 25.4 Å². The van der Waals surface area contributed by atoms with Gasteiger partial charge in [0.05, 0.1) is 18.2 Å². The largest absolute Gasteiger partial charge is 0.379 e. The van der Waals surface area contributed by atoms with Gasteiger partial charge in [0.1, 0.15) is 4.90 Å². The van der Waals surface area contributed by atoms with Gasteiger partial charge >= 0.3 is 0 Å². The Balaban J connectivity index is 2.17. The monoisotopic (exact) mass is 374 g/mol. The fourth-order valence-corrected chi connectivity index (χ4v) is 4.26. The third-order valence-electron chi connectivity index (χ3n) is 3.75. The van der Waals surface area contributed by atoms with Crippen LogP contribution in [0.3, 0.4) is 0 Å². The number of carbonyl (C=O) groups is 1. The summed E-state index contributed by atoms with van der Waals surface area (Å²) in [5.41, 5.74) is 0.431. The van der Waals surface area contributed by atoms with Gasteiger partial charge in [0.2, 0.25) is 15.9 Å². The molecule has 0 aliphatic carbocycles. The van der Waals surface area contributed by atoms with Crippen molar-refractivity contribution in [1.82, 2.24) is 4.31 Å². The highest BCUT2D eigenvalue weighted by atomic mass is 35.5. The van der Waals surface area contributed by atoms with Crippen LogP contribution < -0.4 is 5.32 Å². The number of hydrogen-bond acceptors (Lipinski definition) is 4. The van der Waals surface area contributed by atoms with Crippen molar-refractivity contribution in [2.75, 3.05) is 31.6 Å². The zero-order valence-corrected chi connectivity index (χ0v) is 15.5. The summed E-state index contributed by atoms with van der Waals surface area (Å²) in [5.74, 6) is 0.291. The number of nitrogens with zero attached hydrogens (tertiary/aromatic N) is 1. The molecule has 2 rings (SSSR count). The smallest absolute Gasteiger partial charge is 0.244 e. The van der Waals surface area contributed by atoms with Crippen molar-refractivity contribution in [3.05, 3.63) is 23.2 Å². The van der Waals surface area contributed by atoms with Crippen LogP contribution in [0.1, 0.15) is 26.7 Å². The molecule has 0 saturated carbocycles. The van der Waals surface area contributed by atoms with E-state index >= 15 is 0 Å². The molecular weight excluding hydrogens is 352 g/mol. The Labute approximate surface area is 148 Å². The molecule has 6 nitrogen and oxygen atoms in total. The average molecular weight is 375 g/mol. The van der Waals surface area contributed by atoms with Crippen LogP contribution >= 0.6 is 11.6 Å². The first-order chi connectivity index (χ1) is 11.3. The lowest BCUT2D eigenvalue weighted by molar-refractivity contribution is -0.116. The van der Waals surface area contributed by atoms with Crippen molar-refractivity contribution in [2.24, 2.45) is 5.92 Å². The minimum Gasteiger partial charge on any atom is -0.379 e. The molecule has 1 aliphatic rings. The van der Waals surface area contributed by atoms with E-state index in [-0.39, 0.29) is 15.8 Å². The van der Waals surface area contributed by atoms with Gasteiger partial charge in [0.25, 0.3) is 0 Å². The Morgan fingerprint density at radius 1 is 1.33 bits per heavy atom. The summed E-state index contributed by atoms with van der Waals surface area (Å²) in [5, 5.41) is 2.88. The lowest BCUT2D eigenvalue weighted by Gasteiger charge is -2.26. The van der Waals surface area contributed by atoms with Crippen molar-refractivity contribution in [1.29, 1.82) is 0 Å². The molecule has 1 heterocycles. The summed E-state index contributed by atoms with van der Waals surface area (Å²) in [6.07, 6.45) is 1.17. The van der Waals surface area contributed by atoms with Crippen LogP contribution in [0.25, 0.3) is 0 Å². The zero-order chi connectivity index (χ0) is 17.7. The van der Waals surface area contributed by atoms with Crippen LogP contribution in [0.15, 0.2) is 23.1 Å². The molecule has 134 valence electrons. The molecule has 1 N–H and O–H groups in total. The molecule has 0 aromatic heterocycles. The Morgan fingerprint density at radius 3 is 2.62 bits per heavy atom. The van der Waals surface area contributed by atoms with Crippen molar-refractivity contribution in [2.45, 2.75) is 31.6 Å². The quantitative estimate of drug-likeness (QED) is 0.830. The van der Waals surface area contributed by atoms with E-state index in [1.54, 1.807) is 6.07 Å². The highest BCUT2D eigenvalue weighted by Gasteiger charge is 2.28. The maximum atomic E-state index is 12.7. The second-order valence-electron chi connectivity index (χ2n) is 6.14. The van der Waals surface area contributed by atoms with E-state index in [1.165, 1.54) is 16.4 Å². The molecule has 0 unspecified atom stereocenters. The van der Waals surface area contributed by atoms with Crippen LogP contribution in [-0.4, -0.2) is 44.9 Å². The number of hydrogen-bond donors (Lipinski definition) is 1.